The highest BCUT2D eigenvalue weighted by Crippen LogP contribution is 2.09. The van der Waals surface area contributed by atoms with Gasteiger partial charge in [0.2, 0.25) is 0 Å². The number of nitrogens with one attached hydrogen (secondary N) is 1. The molecule has 0 saturated heterocycles. The van der Waals surface area contributed by atoms with Crippen molar-refractivity contribution in [1.29, 1.82) is 0 Å². The smallest absolute Gasteiger partial charge is 0.408 e. The predicted octanol–water partition coefficient (Wildman–Crippen LogP) is 0.445. The number of carboxylic acid groups (broad SMARTS) is 1. The molecule has 0 unspecified atom stereocenters. The Kier molecular flexibility index (Phi) is 5.60. The van der Waals surface area contributed by atoms with Crippen molar-refractivity contribution in [2.75, 3.05) is 6.61 Å². The lowest BCUT2D eigenvalue weighted by atomic mass is 10.2. The SMILES string of the molecule is CC(C)(C)OC[C@H](NC(=O)OC(C)(C)C)C(=O)[O-]. The maximum atomic E-state index is 11.4. The molecule has 0 aromatic rings. The normalized spacial score (nSPS) is 13.9. The van der Waals surface area contributed by atoms with Gasteiger partial charge in [0.15, 0.2) is 0 Å². The molecule has 0 aliphatic carbocycles. The van der Waals surface area contributed by atoms with Gasteiger partial charge in [0.05, 0.1) is 24.2 Å². The van der Waals surface area contributed by atoms with Crippen LogP contribution in [0.1, 0.15) is 41.5 Å². The summed E-state index contributed by atoms with van der Waals surface area (Å²) in [7, 11) is 0. The van der Waals surface area contributed by atoms with Crippen LogP contribution in [-0.2, 0) is 14.3 Å². The van der Waals surface area contributed by atoms with E-state index < -0.39 is 29.3 Å². The number of carbonyl (C=O) groups is 2. The van der Waals surface area contributed by atoms with Gasteiger partial charge in [-0.1, -0.05) is 0 Å². The van der Waals surface area contributed by atoms with Crippen LogP contribution in [0.4, 0.5) is 4.79 Å². The van der Waals surface area contributed by atoms with E-state index in [1.165, 1.54) is 0 Å². The monoisotopic (exact) mass is 260 g/mol. The van der Waals surface area contributed by atoms with Crippen LogP contribution < -0.4 is 10.4 Å². The number of rotatable bonds is 4. The van der Waals surface area contributed by atoms with E-state index in [0.29, 0.717) is 0 Å². The van der Waals surface area contributed by atoms with Crippen LogP contribution in [0.25, 0.3) is 0 Å². The molecule has 0 aliphatic rings. The fourth-order valence-electron chi connectivity index (χ4n) is 0.952. The van der Waals surface area contributed by atoms with Gasteiger partial charge in [0, 0.05) is 0 Å². The summed E-state index contributed by atoms with van der Waals surface area (Å²) in [6.07, 6.45) is -0.811. The van der Waals surface area contributed by atoms with Crippen molar-refractivity contribution in [3.63, 3.8) is 0 Å². The molecule has 0 bridgehead atoms. The van der Waals surface area contributed by atoms with Crippen LogP contribution in [0.15, 0.2) is 0 Å². The molecule has 106 valence electrons. The Morgan fingerprint density at radius 3 is 1.94 bits per heavy atom. The molecule has 0 spiro atoms. The zero-order valence-electron chi connectivity index (χ0n) is 11.8. The minimum atomic E-state index is -1.41. The average molecular weight is 260 g/mol. The largest absolute Gasteiger partial charge is 0.548 e. The van der Waals surface area contributed by atoms with Gasteiger partial charge in [-0.15, -0.1) is 0 Å². The molecular formula is C12H22NO5-. The summed E-state index contributed by atoms with van der Waals surface area (Å²) in [5.41, 5.74) is -1.19. The summed E-state index contributed by atoms with van der Waals surface area (Å²) in [5.74, 6) is -1.41. The number of alkyl carbamates (subject to hydrolysis) is 1. The number of carbonyl (C=O) groups excluding carboxylic acids is 2. The highest BCUT2D eigenvalue weighted by molar-refractivity contribution is 5.78. The summed E-state index contributed by atoms with van der Waals surface area (Å²) in [5, 5.41) is 13.1. The molecule has 1 amide bonds. The Hall–Kier alpha value is -1.30. The van der Waals surface area contributed by atoms with Gasteiger partial charge in [-0.3, -0.25) is 0 Å². The Morgan fingerprint density at radius 1 is 1.11 bits per heavy atom. The summed E-state index contributed by atoms with van der Waals surface area (Å²) in [6, 6.07) is -1.24. The van der Waals surface area contributed by atoms with Gasteiger partial charge in [0.1, 0.15) is 5.60 Å². The highest BCUT2D eigenvalue weighted by Gasteiger charge is 2.22. The number of carboxylic acids is 1. The zero-order valence-corrected chi connectivity index (χ0v) is 11.8. The maximum Gasteiger partial charge on any atom is 0.408 e. The van der Waals surface area contributed by atoms with Crippen LogP contribution >= 0.6 is 0 Å². The molecule has 6 nitrogen and oxygen atoms in total. The second kappa shape index (κ2) is 6.04. The van der Waals surface area contributed by atoms with E-state index in [1.807, 2.05) is 0 Å². The highest BCUT2D eigenvalue weighted by atomic mass is 16.6. The topological polar surface area (TPSA) is 87.7 Å². The molecule has 0 radical (unpaired) electrons. The molecule has 0 aromatic carbocycles. The molecule has 0 aliphatic heterocycles. The molecular weight excluding hydrogens is 238 g/mol. The molecule has 1 atom stereocenters. The van der Waals surface area contributed by atoms with Crippen LogP contribution in [0.2, 0.25) is 0 Å². The van der Waals surface area contributed by atoms with Gasteiger partial charge < -0.3 is 24.7 Å². The van der Waals surface area contributed by atoms with E-state index in [9.17, 15) is 14.7 Å². The van der Waals surface area contributed by atoms with Crippen LogP contribution in [0.5, 0.6) is 0 Å². The van der Waals surface area contributed by atoms with Crippen molar-refractivity contribution < 1.29 is 24.2 Å². The third-order valence-corrected chi connectivity index (χ3v) is 1.66. The molecule has 6 heteroatoms. The van der Waals surface area contributed by atoms with E-state index >= 15 is 0 Å². The van der Waals surface area contributed by atoms with Crippen LogP contribution in [-0.4, -0.2) is 35.9 Å². The van der Waals surface area contributed by atoms with E-state index in [2.05, 4.69) is 5.32 Å². The Balaban J connectivity index is 4.37. The molecule has 0 saturated carbocycles. The molecule has 18 heavy (non-hydrogen) atoms. The lowest BCUT2D eigenvalue weighted by molar-refractivity contribution is -0.309. The number of hydrogen-bond donors (Lipinski definition) is 1. The number of amides is 1. The average Bonchev–Trinajstić information content (AvgIpc) is 2.06. The van der Waals surface area contributed by atoms with Crippen LogP contribution in [0, 0.1) is 0 Å². The fourth-order valence-corrected chi connectivity index (χ4v) is 0.952. The minimum Gasteiger partial charge on any atom is -0.548 e. The van der Waals surface area contributed by atoms with Crippen molar-refractivity contribution in [1.82, 2.24) is 5.32 Å². The summed E-state index contributed by atoms with van der Waals surface area (Å²) in [4.78, 5) is 22.3. The van der Waals surface area contributed by atoms with Crippen molar-refractivity contribution in [2.24, 2.45) is 0 Å². The lowest BCUT2D eigenvalue weighted by Crippen LogP contribution is -2.52. The molecule has 1 N–H and O–H groups in total. The lowest BCUT2D eigenvalue weighted by Gasteiger charge is -2.27. The molecule has 0 aromatic heterocycles. The molecule has 0 heterocycles. The third kappa shape index (κ3) is 8.81. The Labute approximate surface area is 108 Å². The van der Waals surface area contributed by atoms with Gasteiger partial charge in [0.25, 0.3) is 0 Å². The Morgan fingerprint density at radius 2 is 1.61 bits per heavy atom. The summed E-state index contributed by atoms with van der Waals surface area (Å²) >= 11 is 0. The second-order valence-corrected chi connectivity index (χ2v) is 5.94. The molecule has 0 rings (SSSR count). The van der Waals surface area contributed by atoms with E-state index in [-0.39, 0.29) is 6.61 Å². The van der Waals surface area contributed by atoms with Gasteiger partial charge >= 0.3 is 6.09 Å². The van der Waals surface area contributed by atoms with E-state index in [0.717, 1.165) is 0 Å². The Bertz CT molecular complexity index is 301. The first-order chi connectivity index (χ1) is 7.91. The quantitative estimate of drug-likeness (QED) is 0.792. The standard InChI is InChI=1S/C12H23NO5/c1-11(2,3)17-7-8(9(14)15)13-10(16)18-12(4,5)6/h8H,7H2,1-6H3,(H,13,16)(H,14,15)/p-1/t8-/m0/s1. The van der Waals surface area contributed by atoms with Gasteiger partial charge in [-0.25, -0.2) is 4.79 Å². The number of aliphatic carboxylic acids is 1. The second-order valence-electron chi connectivity index (χ2n) is 5.94. The minimum absolute atomic E-state index is 0.176. The van der Waals surface area contributed by atoms with Crippen molar-refractivity contribution in [2.45, 2.75) is 58.8 Å². The fraction of sp³-hybridized carbons (Fsp3) is 0.833. The summed E-state index contributed by atoms with van der Waals surface area (Å²) in [6.45, 7) is 10.2. The van der Waals surface area contributed by atoms with E-state index in [1.54, 1.807) is 41.5 Å². The third-order valence-electron chi connectivity index (χ3n) is 1.66. The van der Waals surface area contributed by atoms with Gasteiger partial charge in [-0.05, 0) is 41.5 Å². The first-order valence-corrected chi connectivity index (χ1v) is 5.75. The van der Waals surface area contributed by atoms with Crippen LogP contribution in [0.3, 0.4) is 0 Å². The van der Waals surface area contributed by atoms with Crippen molar-refractivity contribution in [3.05, 3.63) is 0 Å². The van der Waals surface area contributed by atoms with E-state index in [4.69, 9.17) is 9.47 Å². The van der Waals surface area contributed by atoms with Crippen molar-refractivity contribution >= 4 is 12.1 Å². The van der Waals surface area contributed by atoms with Gasteiger partial charge in [-0.2, -0.15) is 0 Å². The first-order valence-electron chi connectivity index (χ1n) is 5.75. The molecule has 0 fully saturated rings. The first kappa shape index (κ1) is 16.7. The zero-order chi connectivity index (χ0) is 14.6. The number of hydrogen-bond acceptors (Lipinski definition) is 5. The summed E-state index contributed by atoms with van der Waals surface area (Å²) < 4.78 is 10.2. The predicted molar refractivity (Wildman–Crippen MR) is 63.9 cm³/mol. The maximum absolute atomic E-state index is 11.4. The number of ether oxygens (including phenoxy) is 2. The van der Waals surface area contributed by atoms with Crippen molar-refractivity contribution in [3.8, 4) is 0 Å².